The van der Waals surface area contributed by atoms with Gasteiger partial charge in [0.1, 0.15) is 0 Å². The van der Waals surface area contributed by atoms with Gasteiger partial charge < -0.3 is 9.88 Å². The molecule has 2 aromatic rings. The molecule has 0 radical (unpaired) electrons. The summed E-state index contributed by atoms with van der Waals surface area (Å²) in [6.45, 7) is 10.5. The van der Waals surface area contributed by atoms with Crippen LogP contribution in [0.2, 0.25) is 0 Å². The summed E-state index contributed by atoms with van der Waals surface area (Å²) in [6, 6.07) is 12.4. The smallest absolute Gasteiger partial charge is 0.225 e. The third kappa shape index (κ3) is 3.35. The van der Waals surface area contributed by atoms with Crippen LogP contribution in [0.3, 0.4) is 0 Å². The molecule has 0 saturated heterocycles. The first-order chi connectivity index (χ1) is 9.80. The number of hydrogen-bond acceptors (Lipinski definition) is 1. The fraction of sp³-hybridized carbons (Fsp3) is 0.389. The fourth-order valence-corrected chi connectivity index (χ4v) is 2.42. The fourth-order valence-electron chi connectivity index (χ4n) is 2.42. The Labute approximate surface area is 127 Å². The van der Waals surface area contributed by atoms with Crippen LogP contribution in [0.15, 0.2) is 36.4 Å². The number of hydrogen-bond donors (Lipinski definition) is 1. The number of aryl methyl sites for hydroxylation is 1. The van der Waals surface area contributed by atoms with E-state index in [2.05, 4.69) is 41.9 Å². The van der Waals surface area contributed by atoms with Gasteiger partial charge in [-0.25, -0.2) is 0 Å². The van der Waals surface area contributed by atoms with Crippen LogP contribution in [0, 0.1) is 19.3 Å². The summed E-state index contributed by atoms with van der Waals surface area (Å²) in [4.78, 5) is 12.0. The second-order valence-corrected chi connectivity index (χ2v) is 6.50. The molecule has 0 unspecified atom stereocenters. The van der Waals surface area contributed by atoms with Gasteiger partial charge in [0.2, 0.25) is 5.91 Å². The van der Waals surface area contributed by atoms with E-state index in [1.807, 2.05) is 39.0 Å². The molecule has 112 valence electrons. The van der Waals surface area contributed by atoms with Crippen molar-refractivity contribution < 1.29 is 4.79 Å². The molecule has 0 aliphatic carbocycles. The van der Waals surface area contributed by atoms with E-state index in [0.29, 0.717) is 6.54 Å². The highest BCUT2D eigenvalue weighted by atomic mass is 16.2. The number of rotatable bonds is 3. The lowest BCUT2D eigenvalue weighted by molar-refractivity contribution is -0.128. The molecule has 3 nitrogen and oxygen atoms in total. The maximum Gasteiger partial charge on any atom is 0.225 e. The lowest BCUT2D eigenvalue weighted by Gasteiger charge is -2.17. The molecule has 3 heteroatoms. The molecule has 0 aliphatic heterocycles. The van der Waals surface area contributed by atoms with Crippen molar-refractivity contribution in [3.05, 3.63) is 53.3 Å². The van der Waals surface area contributed by atoms with Crippen molar-refractivity contribution in [2.75, 3.05) is 0 Å². The summed E-state index contributed by atoms with van der Waals surface area (Å²) in [5.74, 6) is 0.0759. The van der Waals surface area contributed by atoms with Gasteiger partial charge in [0.25, 0.3) is 0 Å². The monoisotopic (exact) mass is 284 g/mol. The zero-order chi connectivity index (χ0) is 15.6. The minimum absolute atomic E-state index is 0.0759. The third-order valence-electron chi connectivity index (χ3n) is 3.67. The van der Waals surface area contributed by atoms with E-state index in [9.17, 15) is 4.79 Å². The quantitative estimate of drug-likeness (QED) is 0.915. The van der Waals surface area contributed by atoms with Crippen LogP contribution in [-0.2, 0) is 11.3 Å². The zero-order valence-electron chi connectivity index (χ0n) is 13.5. The SMILES string of the molecule is Cc1cc(CNC(=O)C(C)(C)C)c(C)n1-c1ccccc1. The molecule has 0 fully saturated rings. The predicted molar refractivity (Wildman–Crippen MR) is 86.5 cm³/mol. The van der Waals surface area contributed by atoms with Crippen LogP contribution < -0.4 is 5.32 Å². The molecule has 1 N–H and O–H groups in total. The molecule has 2 rings (SSSR count). The molecule has 0 aliphatic rings. The standard InChI is InChI=1S/C18H24N2O/c1-13-11-15(12-19-17(21)18(3,4)5)14(2)20(13)16-9-7-6-8-10-16/h6-11H,12H2,1-5H3,(H,19,21). The first kappa shape index (κ1) is 15.4. The second-order valence-electron chi connectivity index (χ2n) is 6.50. The topological polar surface area (TPSA) is 34.0 Å². The van der Waals surface area contributed by atoms with Crippen LogP contribution in [0.25, 0.3) is 5.69 Å². The van der Waals surface area contributed by atoms with Crippen molar-refractivity contribution >= 4 is 5.91 Å². The van der Waals surface area contributed by atoms with Crippen LogP contribution >= 0.6 is 0 Å². The van der Waals surface area contributed by atoms with E-state index in [1.54, 1.807) is 0 Å². The van der Waals surface area contributed by atoms with Crippen molar-refractivity contribution in [3.63, 3.8) is 0 Å². The number of benzene rings is 1. The largest absolute Gasteiger partial charge is 0.352 e. The number of carbonyl (C=O) groups excluding carboxylic acids is 1. The molecular weight excluding hydrogens is 260 g/mol. The Morgan fingerprint density at radius 3 is 2.33 bits per heavy atom. The van der Waals surface area contributed by atoms with Crippen LogP contribution in [0.4, 0.5) is 0 Å². The first-order valence-corrected chi connectivity index (χ1v) is 7.32. The molecule has 0 atom stereocenters. The van der Waals surface area contributed by atoms with Gasteiger partial charge in [0.15, 0.2) is 0 Å². The second kappa shape index (κ2) is 5.76. The van der Waals surface area contributed by atoms with Gasteiger partial charge in [0, 0.05) is 29.0 Å². The summed E-state index contributed by atoms with van der Waals surface area (Å²) < 4.78 is 2.22. The Bertz CT molecular complexity index is 633. The molecule has 1 aromatic heterocycles. The maximum absolute atomic E-state index is 12.0. The Kier molecular flexibility index (Phi) is 4.21. The third-order valence-corrected chi connectivity index (χ3v) is 3.67. The van der Waals surface area contributed by atoms with Crippen molar-refractivity contribution in [1.82, 2.24) is 9.88 Å². The minimum Gasteiger partial charge on any atom is -0.352 e. The molecule has 0 spiro atoms. The van der Waals surface area contributed by atoms with Crippen LogP contribution in [0.1, 0.15) is 37.7 Å². The van der Waals surface area contributed by atoms with E-state index in [0.717, 1.165) is 11.3 Å². The number of carbonyl (C=O) groups is 1. The van der Waals surface area contributed by atoms with Gasteiger partial charge in [-0.3, -0.25) is 4.79 Å². The van der Waals surface area contributed by atoms with Gasteiger partial charge >= 0.3 is 0 Å². The summed E-state index contributed by atoms with van der Waals surface area (Å²) in [6.07, 6.45) is 0. The Morgan fingerprint density at radius 2 is 1.76 bits per heavy atom. The molecule has 0 bridgehead atoms. The highest BCUT2D eigenvalue weighted by Gasteiger charge is 2.21. The zero-order valence-corrected chi connectivity index (χ0v) is 13.5. The lowest BCUT2D eigenvalue weighted by Crippen LogP contribution is -2.34. The van der Waals surface area contributed by atoms with Crippen LogP contribution in [-0.4, -0.2) is 10.5 Å². The van der Waals surface area contributed by atoms with Gasteiger partial charge in [0.05, 0.1) is 0 Å². The Balaban J connectivity index is 2.23. The maximum atomic E-state index is 12.0. The van der Waals surface area contributed by atoms with Crippen molar-refractivity contribution in [3.8, 4) is 5.69 Å². The number of nitrogens with one attached hydrogen (secondary N) is 1. The highest BCUT2D eigenvalue weighted by Crippen LogP contribution is 2.21. The number of nitrogens with zero attached hydrogens (tertiary/aromatic N) is 1. The van der Waals surface area contributed by atoms with E-state index < -0.39 is 0 Å². The van der Waals surface area contributed by atoms with Gasteiger partial charge in [-0.05, 0) is 37.6 Å². The minimum atomic E-state index is -0.356. The van der Waals surface area contributed by atoms with Gasteiger partial charge in [-0.15, -0.1) is 0 Å². The molecule has 21 heavy (non-hydrogen) atoms. The van der Waals surface area contributed by atoms with Gasteiger partial charge in [-0.2, -0.15) is 0 Å². The molecular formula is C18H24N2O. The van der Waals surface area contributed by atoms with Crippen molar-refractivity contribution in [2.24, 2.45) is 5.41 Å². The number of para-hydroxylation sites is 1. The van der Waals surface area contributed by atoms with Gasteiger partial charge in [-0.1, -0.05) is 39.0 Å². The Hall–Kier alpha value is -2.03. The van der Waals surface area contributed by atoms with Crippen molar-refractivity contribution in [1.29, 1.82) is 0 Å². The van der Waals surface area contributed by atoms with E-state index in [-0.39, 0.29) is 11.3 Å². The summed E-state index contributed by atoms with van der Waals surface area (Å²) in [7, 11) is 0. The normalized spacial score (nSPS) is 11.5. The van der Waals surface area contributed by atoms with Crippen molar-refractivity contribution in [2.45, 2.75) is 41.2 Å². The summed E-state index contributed by atoms with van der Waals surface area (Å²) in [5.41, 5.74) is 4.31. The molecule has 1 heterocycles. The highest BCUT2D eigenvalue weighted by molar-refractivity contribution is 5.81. The van der Waals surface area contributed by atoms with E-state index >= 15 is 0 Å². The average Bonchev–Trinajstić information content (AvgIpc) is 2.70. The van der Waals surface area contributed by atoms with Crippen LogP contribution in [0.5, 0.6) is 0 Å². The molecule has 0 saturated carbocycles. The number of amides is 1. The van der Waals surface area contributed by atoms with E-state index in [1.165, 1.54) is 11.4 Å². The van der Waals surface area contributed by atoms with E-state index in [4.69, 9.17) is 0 Å². The summed E-state index contributed by atoms with van der Waals surface area (Å²) >= 11 is 0. The number of aromatic nitrogens is 1. The predicted octanol–water partition coefficient (Wildman–Crippen LogP) is 3.76. The lowest BCUT2D eigenvalue weighted by atomic mass is 9.95. The summed E-state index contributed by atoms with van der Waals surface area (Å²) in [5, 5.41) is 3.02. The molecule has 1 amide bonds. The first-order valence-electron chi connectivity index (χ1n) is 7.32. The molecule has 1 aromatic carbocycles. The Morgan fingerprint density at radius 1 is 1.14 bits per heavy atom. The average molecular weight is 284 g/mol.